The summed E-state index contributed by atoms with van der Waals surface area (Å²) in [5.74, 6) is 0.529. The molecule has 0 bridgehead atoms. The maximum atomic E-state index is 11.7. The van der Waals surface area contributed by atoms with Crippen molar-refractivity contribution in [1.82, 2.24) is 5.32 Å². The van der Waals surface area contributed by atoms with Gasteiger partial charge in [-0.1, -0.05) is 0 Å². The maximum absolute atomic E-state index is 11.7. The minimum atomic E-state index is -4.24. The lowest BCUT2D eigenvalue weighted by Crippen LogP contribution is -2.30. The van der Waals surface area contributed by atoms with Gasteiger partial charge in [0.25, 0.3) is 0 Å². The van der Waals surface area contributed by atoms with Gasteiger partial charge in [0.2, 0.25) is 0 Å². The second-order valence-corrected chi connectivity index (χ2v) is 4.55. The van der Waals surface area contributed by atoms with Crippen molar-refractivity contribution in [1.29, 1.82) is 0 Å². The normalized spacial score (nSPS) is 26.1. The van der Waals surface area contributed by atoms with E-state index in [2.05, 4.69) is 10.1 Å². The highest BCUT2D eigenvalue weighted by atomic mass is 19.4. The Labute approximate surface area is 99.3 Å². The third-order valence-corrected chi connectivity index (χ3v) is 2.94. The second-order valence-electron chi connectivity index (χ2n) is 4.55. The molecule has 0 amide bonds. The summed E-state index contributed by atoms with van der Waals surface area (Å²) in [7, 11) is 0. The molecular weight excluding hydrogens is 235 g/mol. The number of aliphatic hydroxyl groups excluding tert-OH is 1. The monoisotopic (exact) mass is 255 g/mol. The van der Waals surface area contributed by atoms with Crippen LogP contribution in [0.2, 0.25) is 0 Å². The van der Waals surface area contributed by atoms with Gasteiger partial charge in [-0.2, -0.15) is 13.2 Å². The molecule has 0 radical (unpaired) electrons. The van der Waals surface area contributed by atoms with E-state index in [4.69, 9.17) is 0 Å². The SMILES string of the molecule is OC1CCC(CNCCOCC(F)(F)F)CC1. The van der Waals surface area contributed by atoms with E-state index in [1.54, 1.807) is 0 Å². The number of rotatable bonds is 6. The molecule has 0 saturated heterocycles. The minimum absolute atomic E-state index is 0.0782. The first-order valence-corrected chi connectivity index (χ1v) is 6.00. The van der Waals surface area contributed by atoms with Crippen LogP contribution >= 0.6 is 0 Å². The van der Waals surface area contributed by atoms with Crippen molar-refractivity contribution in [3.05, 3.63) is 0 Å². The van der Waals surface area contributed by atoms with Crippen LogP contribution < -0.4 is 5.32 Å². The summed E-state index contributed by atoms with van der Waals surface area (Å²) in [5, 5.41) is 12.4. The average molecular weight is 255 g/mol. The number of hydrogen-bond donors (Lipinski definition) is 2. The Hall–Kier alpha value is -0.330. The van der Waals surface area contributed by atoms with Gasteiger partial charge >= 0.3 is 6.18 Å². The Morgan fingerprint density at radius 3 is 2.41 bits per heavy atom. The Kier molecular flexibility index (Phi) is 6.22. The molecule has 1 aliphatic carbocycles. The highest BCUT2D eigenvalue weighted by Crippen LogP contribution is 2.23. The molecule has 0 heterocycles. The van der Waals surface area contributed by atoms with E-state index in [-0.39, 0.29) is 12.7 Å². The first kappa shape index (κ1) is 14.7. The van der Waals surface area contributed by atoms with Crippen molar-refractivity contribution in [2.24, 2.45) is 5.92 Å². The van der Waals surface area contributed by atoms with Crippen LogP contribution in [0.1, 0.15) is 25.7 Å². The molecule has 17 heavy (non-hydrogen) atoms. The zero-order valence-electron chi connectivity index (χ0n) is 9.80. The zero-order chi connectivity index (χ0) is 12.7. The van der Waals surface area contributed by atoms with Crippen molar-refractivity contribution >= 4 is 0 Å². The summed E-state index contributed by atoms with van der Waals surface area (Å²) in [5.41, 5.74) is 0. The first-order chi connectivity index (χ1) is 7.97. The standard InChI is InChI=1S/C11H20F3NO2/c12-11(13,14)8-17-6-5-15-7-9-1-3-10(16)4-2-9/h9-10,15-16H,1-8H2. The van der Waals surface area contributed by atoms with Gasteiger partial charge in [-0.3, -0.25) is 0 Å². The topological polar surface area (TPSA) is 41.5 Å². The van der Waals surface area contributed by atoms with Crippen molar-refractivity contribution in [3.8, 4) is 0 Å². The van der Waals surface area contributed by atoms with E-state index < -0.39 is 12.8 Å². The summed E-state index contributed by atoms with van der Waals surface area (Å²) < 4.78 is 39.6. The summed E-state index contributed by atoms with van der Waals surface area (Å²) in [6.45, 7) is 0.135. The van der Waals surface area contributed by atoms with E-state index >= 15 is 0 Å². The molecule has 1 rings (SSSR count). The van der Waals surface area contributed by atoms with E-state index in [9.17, 15) is 18.3 Å². The Balaban J connectivity index is 1.91. The van der Waals surface area contributed by atoms with Crippen molar-refractivity contribution in [2.75, 3.05) is 26.3 Å². The lowest BCUT2D eigenvalue weighted by molar-refractivity contribution is -0.173. The molecule has 2 N–H and O–H groups in total. The lowest BCUT2D eigenvalue weighted by atomic mass is 9.87. The van der Waals surface area contributed by atoms with Crippen LogP contribution in [0.15, 0.2) is 0 Å². The second kappa shape index (κ2) is 7.18. The quantitative estimate of drug-likeness (QED) is 0.710. The Morgan fingerprint density at radius 2 is 1.82 bits per heavy atom. The fourth-order valence-electron chi connectivity index (χ4n) is 1.99. The molecule has 0 spiro atoms. The highest BCUT2D eigenvalue weighted by Gasteiger charge is 2.27. The third kappa shape index (κ3) is 7.57. The molecule has 1 saturated carbocycles. The zero-order valence-corrected chi connectivity index (χ0v) is 9.80. The predicted octanol–water partition coefficient (Wildman–Crippen LogP) is 1.71. The lowest BCUT2D eigenvalue weighted by Gasteiger charge is -2.25. The fourth-order valence-corrected chi connectivity index (χ4v) is 1.99. The molecule has 1 fully saturated rings. The van der Waals surface area contributed by atoms with Gasteiger partial charge in [-0.05, 0) is 38.1 Å². The van der Waals surface area contributed by atoms with Gasteiger partial charge in [0.1, 0.15) is 6.61 Å². The molecule has 0 aromatic rings. The molecule has 0 aromatic heterocycles. The van der Waals surface area contributed by atoms with Crippen LogP contribution in [0.25, 0.3) is 0 Å². The smallest absolute Gasteiger partial charge is 0.393 e. The predicted molar refractivity (Wildman–Crippen MR) is 57.7 cm³/mol. The number of alkyl halides is 3. The summed E-state index contributed by atoms with van der Waals surface area (Å²) >= 11 is 0. The minimum Gasteiger partial charge on any atom is -0.393 e. The molecule has 102 valence electrons. The van der Waals surface area contributed by atoms with Crippen LogP contribution in [0, 0.1) is 5.92 Å². The molecular formula is C11H20F3NO2. The van der Waals surface area contributed by atoms with Gasteiger partial charge in [0, 0.05) is 6.54 Å². The van der Waals surface area contributed by atoms with Crippen LogP contribution in [-0.2, 0) is 4.74 Å². The first-order valence-electron chi connectivity index (χ1n) is 6.00. The summed E-state index contributed by atoms with van der Waals surface area (Å²) in [6, 6.07) is 0. The van der Waals surface area contributed by atoms with Crippen molar-refractivity contribution in [3.63, 3.8) is 0 Å². The molecule has 1 aliphatic rings. The third-order valence-electron chi connectivity index (χ3n) is 2.94. The number of hydrogen-bond acceptors (Lipinski definition) is 3. The largest absolute Gasteiger partial charge is 0.411 e. The molecule has 6 heteroatoms. The van der Waals surface area contributed by atoms with E-state index in [1.165, 1.54) is 0 Å². The van der Waals surface area contributed by atoms with Crippen LogP contribution in [0.3, 0.4) is 0 Å². The van der Waals surface area contributed by atoms with Gasteiger partial charge in [-0.25, -0.2) is 0 Å². The van der Waals surface area contributed by atoms with E-state index in [1.807, 2.05) is 0 Å². The molecule has 0 aromatic carbocycles. The van der Waals surface area contributed by atoms with Crippen LogP contribution in [-0.4, -0.2) is 43.7 Å². The van der Waals surface area contributed by atoms with Crippen molar-refractivity contribution < 1.29 is 23.0 Å². The Morgan fingerprint density at radius 1 is 1.18 bits per heavy atom. The van der Waals surface area contributed by atoms with Crippen LogP contribution in [0.4, 0.5) is 13.2 Å². The highest BCUT2D eigenvalue weighted by molar-refractivity contribution is 4.72. The molecule has 0 unspecified atom stereocenters. The Bertz CT molecular complexity index is 203. The van der Waals surface area contributed by atoms with Gasteiger partial charge < -0.3 is 15.2 Å². The molecule has 0 atom stereocenters. The number of nitrogens with one attached hydrogen (secondary N) is 1. The molecule has 0 aliphatic heterocycles. The molecule has 3 nitrogen and oxygen atoms in total. The van der Waals surface area contributed by atoms with E-state index in [0.717, 1.165) is 32.2 Å². The summed E-state index contributed by atoms with van der Waals surface area (Å²) in [6.07, 6.45) is -0.774. The van der Waals surface area contributed by atoms with Crippen molar-refractivity contribution in [2.45, 2.75) is 38.0 Å². The maximum Gasteiger partial charge on any atom is 0.411 e. The fraction of sp³-hybridized carbons (Fsp3) is 1.00. The van der Waals surface area contributed by atoms with Gasteiger partial charge in [0.15, 0.2) is 0 Å². The van der Waals surface area contributed by atoms with E-state index in [0.29, 0.717) is 12.5 Å². The van der Waals surface area contributed by atoms with Crippen LogP contribution in [0.5, 0.6) is 0 Å². The number of halogens is 3. The average Bonchev–Trinajstić information content (AvgIpc) is 2.24. The van der Waals surface area contributed by atoms with Gasteiger partial charge in [0.05, 0.1) is 12.7 Å². The summed E-state index contributed by atoms with van der Waals surface area (Å²) in [4.78, 5) is 0. The van der Waals surface area contributed by atoms with Gasteiger partial charge in [-0.15, -0.1) is 0 Å². The number of aliphatic hydroxyl groups is 1. The number of ether oxygens (including phenoxy) is 1.